The van der Waals surface area contributed by atoms with E-state index in [1.165, 1.54) is 0 Å². The van der Waals surface area contributed by atoms with Crippen LogP contribution in [0.5, 0.6) is 0 Å². The van der Waals surface area contributed by atoms with Gasteiger partial charge in [0.2, 0.25) is 23.6 Å². The number of carbonyl (C=O) groups is 4. The van der Waals surface area contributed by atoms with Crippen molar-refractivity contribution in [3.8, 4) is 0 Å². The van der Waals surface area contributed by atoms with E-state index >= 15 is 0 Å². The predicted octanol–water partition coefficient (Wildman–Crippen LogP) is 1.48. The van der Waals surface area contributed by atoms with Crippen LogP contribution in [0.1, 0.15) is 74.1 Å². The number of amides is 4. The van der Waals surface area contributed by atoms with Crippen LogP contribution in [0.4, 0.5) is 39.5 Å². The molecule has 0 saturated carbocycles. The summed E-state index contributed by atoms with van der Waals surface area (Å²) in [4.78, 5) is 62.7. The molecule has 13 N–H and O–H groups in total. The van der Waals surface area contributed by atoms with Crippen LogP contribution in [0.25, 0.3) is 0 Å². The molecule has 5 rings (SSSR count). The summed E-state index contributed by atoms with van der Waals surface area (Å²) in [5, 5.41) is 12.6. The topological polar surface area (TPSA) is 428 Å². The van der Waals surface area contributed by atoms with Crippen LogP contribution in [-0.4, -0.2) is 194 Å². The summed E-state index contributed by atoms with van der Waals surface area (Å²) in [7, 11) is -18.3. The zero-order chi connectivity index (χ0) is 63.7. The number of halogens is 9. The predicted molar refractivity (Wildman–Crippen MR) is 301 cm³/mol. The third-order valence-corrected chi connectivity index (χ3v) is 13.7. The van der Waals surface area contributed by atoms with Gasteiger partial charge in [-0.25, -0.2) is 25.3 Å². The van der Waals surface area contributed by atoms with E-state index in [0.717, 1.165) is 22.3 Å². The summed E-state index contributed by atoms with van der Waals surface area (Å²) in [5.41, 5.74) is -12.8. The van der Waals surface area contributed by atoms with Crippen molar-refractivity contribution in [2.45, 2.75) is 68.4 Å². The average Bonchev–Trinajstić information content (AvgIpc) is 3.56. The molecule has 0 aliphatic carbocycles. The Morgan fingerprint density at radius 2 is 0.494 bits per heavy atom. The largest absolute Gasteiger partial charge is 3.00 e. The van der Waals surface area contributed by atoms with Gasteiger partial charge in [0.25, 0.3) is 0 Å². The van der Waals surface area contributed by atoms with Gasteiger partial charge in [0.1, 0.15) is 0 Å². The monoisotopic (exact) mass is 1480 g/mol. The Bertz CT molecular complexity index is 2620. The van der Waals surface area contributed by atoms with Crippen molar-refractivity contribution < 1.29 is 160 Å². The van der Waals surface area contributed by atoms with Crippen LogP contribution in [0, 0.1) is 40.8 Å². The van der Waals surface area contributed by atoms with E-state index in [1.807, 2.05) is 149 Å². The van der Waals surface area contributed by atoms with E-state index in [1.54, 1.807) is 0 Å². The minimum absolute atomic E-state index is 0. The molecule has 0 bridgehead atoms. The van der Waals surface area contributed by atoms with Gasteiger partial charge in [-0.05, 0) is 49.9 Å². The first-order chi connectivity index (χ1) is 38.8. The summed E-state index contributed by atoms with van der Waals surface area (Å²) >= 11 is 0. The number of rotatable bonds is 16. The SMILES string of the molecule is C[C@@H](NC(=O)CN1CCN(CC(=O)N[C@H](C)c2ccccc2)CCN(CC(=O)N[C@H](C)c2ccccc2)CCN(CC(=O)N[C@H](C)c2ccccc2)CC1)c1ccccc1.O.O.O.O=S(=O)([O-])C(F)(F)F.O=S(=O)([O-])C(F)(F)F.O=S(=O)([O-])C(F)(F)F.[Nd+3].[OH3+]. The molecule has 0 spiro atoms. The maximum absolute atomic E-state index is 13.6. The van der Waals surface area contributed by atoms with E-state index in [2.05, 4.69) is 40.9 Å². The first kappa shape index (κ1) is 90.3. The first-order valence-electron chi connectivity index (χ1n) is 25.1. The molecule has 1 fully saturated rings. The van der Waals surface area contributed by atoms with Crippen LogP contribution in [-0.2, 0) is 55.0 Å². The third kappa shape index (κ3) is 36.5. The molecule has 0 aromatic heterocycles. The fourth-order valence-corrected chi connectivity index (χ4v) is 7.47. The number of nitrogens with zero attached hydrogens (tertiary/aromatic N) is 4. The van der Waals surface area contributed by atoms with E-state index < -0.39 is 46.9 Å². The van der Waals surface area contributed by atoms with Crippen LogP contribution in [0.2, 0.25) is 0 Å². The summed E-state index contributed by atoms with van der Waals surface area (Å²) < 4.78 is 177. The zero-order valence-electron chi connectivity index (χ0n) is 48.1. The second kappa shape index (κ2) is 42.1. The van der Waals surface area contributed by atoms with Gasteiger partial charge in [0.15, 0.2) is 30.4 Å². The van der Waals surface area contributed by atoms with Crippen molar-refractivity contribution in [2.75, 3.05) is 78.5 Å². The number of nitrogens with one attached hydrogen (secondary N) is 4. The molecule has 1 aliphatic heterocycles. The van der Waals surface area contributed by atoms with Gasteiger partial charge >= 0.3 is 57.4 Å². The van der Waals surface area contributed by atoms with Crippen molar-refractivity contribution in [2.24, 2.45) is 0 Å². The molecule has 1 aliphatic rings. The number of hydrogen-bond acceptors (Lipinski definition) is 17. The molecule has 1 saturated heterocycles. The van der Waals surface area contributed by atoms with Crippen LogP contribution in [0.15, 0.2) is 121 Å². The summed E-state index contributed by atoms with van der Waals surface area (Å²) in [6.07, 6.45) is 0. The molecule has 89 heavy (non-hydrogen) atoms. The third-order valence-electron chi connectivity index (χ3n) is 12.0. The molecule has 0 unspecified atom stereocenters. The fraction of sp³-hybridized carbons (Fsp3) is 0.451. The van der Waals surface area contributed by atoms with Gasteiger partial charge in [-0.15, -0.1) is 0 Å². The Morgan fingerprint density at radius 1 is 0.371 bits per heavy atom. The van der Waals surface area contributed by atoms with Crippen molar-refractivity contribution >= 4 is 54.0 Å². The maximum atomic E-state index is 13.6. The number of alkyl halides is 9. The van der Waals surface area contributed by atoms with Crippen molar-refractivity contribution in [3.63, 3.8) is 0 Å². The molecule has 4 aromatic rings. The quantitative estimate of drug-likeness (QED) is 0.0534. The maximum Gasteiger partial charge on any atom is 3.00 e. The summed E-state index contributed by atoms with van der Waals surface area (Å²) in [6.45, 7) is 12.8. The standard InChI is InChI=1S/C48H64N8O4.3CHF3O3S.Nd.4H2O/c1-37(41-17-9-5-10-18-41)49-45(57)33-53-25-27-54(34-46(58)50-38(2)42-19-11-6-12-20-42)29-31-56(36-48(60)52-40(4)44-23-15-8-16-24-44)32-30-55(28-26-53)35-47(59)51-39(3)43-21-13-7-14-22-43;3*2-1(3,4)8(5,6)7;;;;;/h5-24,37-40H,25-36H2,1-4H3,(H,49,57)(H,50,58)(H,51,59)(H,52,60);3*(H,5,6,7);;4*1H2/q;;;;+3;;;;/p-2/t37-,38-,39-,40-;;;;;;;;/m1......../s1. The van der Waals surface area contributed by atoms with Crippen LogP contribution in [0.3, 0.4) is 0 Å². The Hall–Kier alpha value is -5.11. The van der Waals surface area contributed by atoms with Crippen LogP contribution < -0.4 is 21.3 Å². The zero-order valence-corrected chi connectivity index (χ0v) is 53.8. The second-order valence-corrected chi connectivity index (χ2v) is 22.7. The molecule has 38 heteroatoms. The van der Waals surface area contributed by atoms with Gasteiger partial charge in [0.05, 0.1) is 50.3 Å². The Kier molecular flexibility index (Phi) is 42.7. The van der Waals surface area contributed by atoms with Crippen LogP contribution >= 0.6 is 0 Å². The van der Waals surface area contributed by atoms with Gasteiger partial charge in [-0.2, -0.15) is 39.5 Å². The molecular weight excluding hydrogens is 1410 g/mol. The Morgan fingerprint density at radius 3 is 0.607 bits per heavy atom. The Balaban J connectivity index is -0.00000105. The molecule has 503 valence electrons. The molecule has 4 amide bonds. The molecule has 1 radical (unpaired) electrons. The minimum Gasteiger partial charge on any atom is -0.741 e. The second-order valence-electron chi connectivity index (χ2n) is 18.6. The smallest absolute Gasteiger partial charge is 0.741 e. The number of hydrogen-bond donors (Lipinski definition) is 4. The number of carbonyl (C=O) groups excluding carboxylic acids is 4. The van der Waals surface area contributed by atoms with Crippen molar-refractivity contribution in [1.29, 1.82) is 0 Å². The van der Waals surface area contributed by atoms with E-state index in [-0.39, 0.29) is 137 Å². The van der Waals surface area contributed by atoms with Crippen molar-refractivity contribution in [1.82, 2.24) is 40.9 Å². The summed E-state index contributed by atoms with van der Waals surface area (Å²) in [5.74, 6) is -0.380. The minimum atomic E-state index is -6.09. The van der Waals surface area contributed by atoms with Gasteiger partial charge < -0.3 is 56.8 Å². The van der Waals surface area contributed by atoms with E-state index in [9.17, 15) is 58.7 Å². The number of benzene rings is 4. The van der Waals surface area contributed by atoms with E-state index in [4.69, 9.17) is 38.9 Å². The molecule has 4 aromatic carbocycles. The summed E-state index contributed by atoms with van der Waals surface area (Å²) in [6, 6.07) is 38.9. The average molecular weight is 1480 g/mol. The molecule has 25 nitrogen and oxygen atoms in total. The molecular formula is C51H73F9N8NdO17S3+. The molecule has 4 atom stereocenters. The van der Waals surface area contributed by atoms with Gasteiger partial charge in [-0.1, -0.05) is 121 Å². The Labute approximate surface area is 542 Å². The normalized spacial score (nSPS) is 15.3. The van der Waals surface area contributed by atoms with Gasteiger partial charge in [-0.3, -0.25) is 38.8 Å². The molecule has 1 heterocycles. The van der Waals surface area contributed by atoms with E-state index in [0.29, 0.717) is 52.4 Å². The van der Waals surface area contributed by atoms with Crippen molar-refractivity contribution in [3.05, 3.63) is 144 Å². The first-order valence-corrected chi connectivity index (χ1v) is 29.3. The fourth-order valence-electron chi connectivity index (χ4n) is 7.47. The van der Waals surface area contributed by atoms with Gasteiger partial charge in [0, 0.05) is 52.4 Å².